The Hall–Kier alpha value is -2.76. The van der Waals surface area contributed by atoms with Gasteiger partial charge in [0.1, 0.15) is 5.75 Å². The first kappa shape index (κ1) is 21.9. The Morgan fingerprint density at radius 2 is 1.77 bits per heavy atom. The van der Waals surface area contributed by atoms with Gasteiger partial charge in [0.2, 0.25) is 0 Å². The molecule has 0 aromatic heterocycles. The van der Waals surface area contributed by atoms with Crippen LogP contribution in [0.4, 0.5) is 5.69 Å². The fraction of sp³-hybridized carbons (Fsp3) is 0.240. The van der Waals surface area contributed by atoms with Gasteiger partial charge in [-0.3, -0.25) is 4.79 Å². The number of para-hydroxylation sites is 1. The van der Waals surface area contributed by atoms with E-state index in [-0.39, 0.29) is 5.91 Å². The number of hydrogen-bond acceptors (Lipinski definition) is 4. The molecule has 1 N–H and O–H groups in total. The SMILES string of the molecule is CCCCOCc1cc(C(=O)Nc2ccccc2Sc2ccccc2)ccc1OC. The number of nitrogens with one attached hydrogen (secondary N) is 1. The van der Waals surface area contributed by atoms with Gasteiger partial charge in [-0.05, 0) is 48.9 Å². The summed E-state index contributed by atoms with van der Waals surface area (Å²) in [5.41, 5.74) is 2.23. The summed E-state index contributed by atoms with van der Waals surface area (Å²) >= 11 is 1.62. The average molecular weight is 422 g/mol. The molecule has 0 unspecified atom stereocenters. The summed E-state index contributed by atoms with van der Waals surface area (Å²) in [6.45, 7) is 3.24. The number of carbonyl (C=O) groups excluding carboxylic acids is 1. The molecule has 0 aliphatic heterocycles. The van der Waals surface area contributed by atoms with E-state index in [1.807, 2.05) is 54.6 Å². The predicted octanol–water partition coefficient (Wildman–Crippen LogP) is 6.42. The van der Waals surface area contributed by atoms with E-state index in [1.165, 1.54) is 0 Å². The molecule has 3 aromatic rings. The smallest absolute Gasteiger partial charge is 0.255 e. The average Bonchev–Trinajstić information content (AvgIpc) is 2.78. The summed E-state index contributed by atoms with van der Waals surface area (Å²) in [5.74, 6) is 0.566. The lowest BCUT2D eigenvalue weighted by atomic mass is 10.1. The van der Waals surface area contributed by atoms with E-state index in [0.717, 1.165) is 39.6 Å². The molecule has 0 heterocycles. The van der Waals surface area contributed by atoms with Gasteiger partial charge in [0.05, 0.1) is 19.4 Å². The zero-order valence-electron chi connectivity index (χ0n) is 17.4. The molecule has 0 aliphatic rings. The number of hydrogen-bond donors (Lipinski definition) is 1. The molecule has 0 atom stereocenters. The number of rotatable bonds is 10. The van der Waals surface area contributed by atoms with Crippen LogP contribution in [0, 0.1) is 0 Å². The van der Waals surface area contributed by atoms with Gasteiger partial charge < -0.3 is 14.8 Å². The van der Waals surface area contributed by atoms with Gasteiger partial charge in [-0.2, -0.15) is 0 Å². The van der Waals surface area contributed by atoms with Gasteiger partial charge in [-0.25, -0.2) is 0 Å². The normalized spacial score (nSPS) is 10.6. The predicted molar refractivity (Wildman–Crippen MR) is 123 cm³/mol. The first-order valence-electron chi connectivity index (χ1n) is 10.1. The Bertz CT molecular complexity index is 960. The van der Waals surface area contributed by atoms with Gasteiger partial charge in [-0.1, -0.05) is 55.4 Å². The lowest BCUT2D eigenvalue weighted by Crippen LogP contribution is -2.13. The van der Waals surface area contributed by atoms with Gasteiger partial charge in [0.15, 0.2) is 0 Å². The van der Waals surface area contributed by atoms with Crippen LogP contribution in [0.3, 0.4) is 0 Å². The standard InChI is InChI=1S/C25H27NO3S/c1-3-4-16-29-18-20-17-19(14-15-23(20)28-2)25(27)26-22-12-8-9-13-24(22)30-21-10-6-5-7-11-21/h5-15,17H,3-4,16,18H2,1-2H3,(H,26,27). The highest BCUT2D eigenvalue weighted by Crippen LogP contribution is 2.33. The van der Waals surface area contributed by atoms with Gasteiger partial charge in [-0.15, -0.1) is 0 Å². The number of anilines is 1. The van der Waals surface area contributed by atoms with Crippen molar-refractivity contribution in [3.8, 4) is 5.75 Å². The summed E-state index contributed by atoms with van der Waals surface area (Å²) in [7, 11) is 1.63. The molecule has 5 heteroatoms. The molecule has 4 nitrogen and oxygen atoms in total. The van der Waals surface area contributed by atoms with Crippen LogP contribution in [-0.2, 0) is 11.3 Å². The number of ether oxygens (including phenoxy) is 2. The maximum Gasteiger partial charge on any atom is 0.255 e. The highest BCUT2D eigenvalue weighted by atomic mass is 32.2. The quantitative estimate of drug-likeness (QED) is 0.384. The van der Waals surface area contributed by atoms with E-state index in [1.54, 1.807) is 24.9 Å². The van der Waals surface area contributed by atoms with Crippen LogP contribution >= 0.6 is 11.8 Å². The number of methoxy groups -OCH3 is 1. The molecule has 0 bridgehead atoms. The maximum atomic E-state index is 12.9. The van der Waals surface area contributed by atoms with E-state index in [9.17, 15) is 4.79 Å². The largest absolute Gasteiger partial charge is 0.496 e. The van der Waals surface area contributed by atoms with Crippen LogP contribution in [-0.4, -0.2) is 19.6 Å². The number of benzene rings is 3. The van der Waals surface area contributed by atoms with Crippen LogP contribution in [0.15, 0.2) is 82.6 Å². The zero-order valence-corrected chi connectivity index (χ0v) is 18.2. The van der Waals surface area contributed by atoms with Crippen molar-refractivity contribution in [1.29, 1.82) is 0 Å². The third-order valence-electron chi connectivity index (χ3n) is 4.55. The number of amides is 1. The van der Waals surface area contributed by atoms with Crippen molar-refractivity contribution in [2.45, 2.75) is 36.2 Å². The van der Waals surface area contributed by atoms with E-state index in [0.29, 0.717) is 18.8 Å². The van der Waals surface area contributed by atoms with E-state index in [2.05, 4.69) is 24.4 Å². The Balaban J connectivity index is 1.74. The van der Waals surface area contributed by atoms with Crippen LogP contribution < -0.4 is 10.1 Å². The van der Waals surface area contributed by atoms with Crippen LogP contribution in [0.2, 0.25) is 0 Å². The van der Waals surface area contributed by atoms with Crippen LogP contribution in [0.5, 0.6) is 5.75 Å². The summed E-state index contributed by atoms with van der Waals surface area (Å²) in [6, 6.07) is 23.4. The summed E-state index contributed by atoms with van der Waals surface area (Å²) in [5, 5.41) is 3.05. The molecule has 1 amide bonds. The maximum absolute atomic E-state index is 12.9. The second-order valence-corrected chi connectivity index (χ2v) is 7.91. The highest BCUT2D eigenvalue weighted by molar-refractivity contribution is 7.99. The van der Waals surface area contributed by atoms with E-state index >= 15 is 0 Å². The third kappa shape index (κ3) is 6.12. The van der Waals surface area contributed by atoms with Crippen molar-refractivity contribution in [2.24, 2.45) is 0 Å². The Kier molecular flexibility index (Phi) is 8.36. The van der Waals surface area contributed by atoms with Crippen molar-refractivity contribution in [2.75, 3.05) is 19.0 Å². The van der Waals surface area contributed by atoms with Crippen LogP contribution in [0.1, 0.15) is 35.7 Å². The number of carbonyl (C=O) groups is 1. The topological polar surface area (TPSA) is 47.6 Å². The van der Waals surface area contributed by atoms with E-state index in [4.69, 9.17) is 9.47 Å². The van der Waals surface area contributed by atoms with Crippen LogP contribution in [0.25, 0.3) is 0 Å². The van der Waals surface area contributed by atoms with Crippen molar-refractivity contribution in [3.63, 3.8) is 0 Å². The lowest BCUT2D eigenvalue weighted by Gasteiger charge is -2.13. The van der Waals surface area contributed by atoms with Crippen molar-refractivity contribution in [1.82, 2.24) is 0 Å². The summed E-state index contributed by atoms with van der Waals surface area (Å²) in [6.07, 6.45) is 2.10. The Labute approximate surface area is 182 Å². The van der Waals surface area contributed by atoms with Gasteiger partial charge >= 0.3 is 0 Å². The molecule has 0 saturated carbocycles. The Morgan fingerprint density at radius 3 is 2.53 bits per heavy atom. The fourth-order valence-corrected chi connectivity index (χ4v) is 3.85. The minimum Gasteiger partial charge on any atom is -0.496 e. The molecular formula is C25H27NO3S. The Morgan fingerprint density at radius 1 is 1.00 bits per heavy atom. The molecule has 30 heavy (non-hydrogen) atoms. The molecule has 0 spiro atoms. The number of unbranched alkanes of at least 4 members (excludes halogenated alkanes) is 1. The van der Waals surface area contributed by atoms with Crippen molar-refractivity contribution in [3.05, 3.63) is 83.9 Å². The molecule has 3 rings (SSSR count). The molecule has 0 saturated heterocycles. The molecule has 0 radical (unpaired) electrons. The molecular weight excluding hydrogens is 394 g/mol. The second-order valence-electron chi connectivity index (χ2n) is 6.80. The minimum atomic E-state index is -0.159. The fourth-order valence-electron chi connectivity index (χ4n) is 2.93. The van der Waals surface area contributed by atoms with Gasteiger partial charge in [0, 0.05) is 27.5 Å². The third-order valence-corrected chi connectivity index (χ3v) is 5.63. The van der Waals surface area contributed by atoms with E-state index < -0.39 is 0 Å². The van der Waals surface area contributed by atoms with Gasteiger partial charge in [0.25, 0.3) is 5.91 Å². The molecule has 156 valence electrons. The first-order valence-corrected chi connectivity index (χ1v) is 10.9. The first-order chi connectivity index (χ1) is 14.7. The zero-order chi connectivity index (χ0) is 21.2. The van der Waals surface area contributed by atoms with Crippen molar-refractivity contribution >= 4 is 23.4 Å². The highest BCUT2D eigenvalue weighted by Gasteiger charge is 2.13. The summed E-state index contributed by atoms with van der Waals surface area (Å²) < 4.78 is 11.2. The molecule has 0 fully saturated rings. The lowest BCUT2D eigenvalue weighted by molar-refractivity contribution is 0.102. The molecule has 0 aliphatic carbocycles. The second kappa shape index (κ2) is 11.4. The molecule has 3 aromatic carbocycles. The van der Waals surface area contributed by atoms with Crippen molar-refractivity contribution < 1.29 is 14.3 Å². The monoisotopic (exact) mass is 421 g/mol. The summed E-state index contributed by atoms with van der Waals surface area (Å²) in [4.78, 5) is 15.1. The minimum absolute atomic E-state index is 0.159.